The van der Waals surface area contributed by atoms with Crippen LogP contribution in [0.4, 0.5) is 10.1 Å². The Morgan fingerprint density at radius 1 is 0.971 bits per heavy atom. The number of hydrogen-bond donors (Lipinski definition) is 1. The van der Waals surface area contributed by atoms with Crippen LogP contribution in [0.25, 0.3) is 6.08 Å². The summed E-state index contributed by atoms with van der Waals surface area (Å²) in [6, 6.07) is 23.7. The zero-order chi connectivity index (χ0) is 24.2. The number of benzene rings is 3. The predicted molar refractivity (Wildman–Crippen MR) is 129 cm³/mol. The Labute approximate surface area is 201 Å². The van der Waals surface area contributed by atoms with Crippen molar-refractivity contribution >= 4 is 23.6 Å². The van der Waals surface area contributed by atoms with Crippen LogP contribution in [-0.2, 0) is 17.9 Å². The van der Waals surface area contributed by atoms with Crippen LogP contribution in [-0.4, -0.2) is 11.8 Å². The van der Waals surface area contributed by atoms with Crippen molar-refractivity contribution in [1.29, 1.82) is 0 Å². The van der Waals surface area contributed by atoms with Crippen LogP contribution in [0.3, 0.4) is 0 Å². The number of para-hydroxylation sites is 2. The lowest BCUT2D eigenvalue weighted by atomic mass is 10.1. The van der Waals surface area contributed by atoms with E-state index in [1.807, 2.05) is 12.1 Å². The van der Waals surface area contributed by atoms with E-state index in [9.17, 15) is 14.0 Å². The zero-order valence-corrected chi connectivity index (χ0v) is 18.6. The lowest BCUT2D eigenvalue weighted by Gasteiger charge is -2.30. The topological polar surface area (TPSA) is 71.8 Å². The molecule has 4 aromatic rings. The molecule has 174 valence electrons. The molecule has 0 radical (unpaired) electrons. The average molecular weight is 468 g/mol. The predicted octanol–water partition coefficient (Wildman–Crippen LogP) is 5.32. The number of halogens is 1. The number of amides is 2. The lowest BCUT2D eigenvalue weighted by Crippen LogP contribution is -2.36. The normalized spacial score (nSPS) is 13.9. The maximum atomic E-state index is 13.7. The molecule has 0 saturated carbocycles. The van der Waals surface area contributed by atoms with Crippen LogP contribution in [0.1, 0.15) is 27.2 Å². The van der Waals surface area contributed by atoms with Gasteiger partial charge in [-0.2, -0.15) is 0 Å². The third-order valence-corrected chi connectivity index (χ3v) is 5.54. The summed E-state index contributed by atoms with van der Waals surface area (Å²) in [7, 11) is 0. The van der Waals surface area contributed by atoms with Gasteiger partial charge in [0.15, 0.2) is 11.5 Å². The molecule has 5 rings (SSSR count). The first kappa shape index (κ1) is 22.2. The van der Waals surface area contributed by atoms with Gasteiger partial charge in [-0.3, -0.25) is 14.5 Å². The van der Waals surface area contributed by atoms with E-state index in [4.69, 9.17) is 9.15 Å². The quantitative estimate of drug-likeness (QED) is 0.389. The number of fused-ring (bicyclic) bond motifs is 1. The molecule has 2 amide bonds. The van der Waals surface area contributed by atoms with E-state index in [2.05, 4.69) is 5.32 Å². The number of rotatable bonds is 6. The van der Waals surface area contributed by atoms with E-state index < -0.39 is 0 Å². The highest BCUT2D eigenvalue weighted by atomic mass is 19.1. The first-order valence-electron chi connectivity index (χ1n) is 11.0. The first-order valence-corrected chi connectivity index (χ1v) is 11.0. The maximum Gasteiger partial charge on any atom is 0.294 e. The Balaban J connectivity index is 1.36. The van der Waals surface area contributed by atoms with Crippen molar-refractivity contribution < 1.29 is 23.1 Å². The second-order valence-electron chi connectivity index (χ2n) is 7.98. The number of nitrogens with one attached hydrogen (secondary N) is 1. The number of carbonyl (C=O) groups is 2. The molecule has 2 heterocycles. The van der Waals surface area contributed by atoms with E-state index in [-0.39, 0.29) is 29.9 Å². The molecule has 0 fully saturated rings. The zero-order valence-electron chi connectivity index (χ0n) is 18.6. The molecule has 0 spiro atoms. The number of hydrogen-bond acceptors (Lipinski definition) is 4. The maximum absolute atomic E-state index is 13.7. The van der Waals surface area contributed by atoms with Crippen LogP contribution in [0, 0.1) is 5.82 Å². The molecule has 1 aliphatic rings. The monoisotopic (exact) mass is 468 g/mol. The standard InChI is InChI=1S/C28H21FN2O4/c29-22-6-3-5-20(15-22)18-31-24-8-1-2-9-25(24)35-26(28(31)33)16-19-10-12-21(13-11-19)27(32)30-17-23-7-4-14-34-23/h1-16H,17-18H2,(H,30,32). The Kier molecular flexibility index (Phi) is 6.13. The second-order valence-corrected chi connectivity index (χ2v) is 7.98. The fourth-order valence-corrected chi connectivity index (χ4v) is 3.80. The largest absolute Gasteiger partial charge is 0.467 e. The van der Waals surface area contributed by atoms with Gasteiger partial charge in [0, 0.05) is 5.56 Å². The average Bonchev–Trinajstić information content (AvgIpc) is 3.39. The van der Waals surface area contributed by atoms with Gasteiger partial charge in [-0.15, -0.1) is 0 Å². The highest BCUT2D eigenvalue weighted by molar-refractivity contribution is 6.09. The van der Waals surface area contributed by atoms with Crippen LogP contribution in [0.2, 0.25) is 0 Å². The van der Waals surface area contributed by atoms with Crippen LogP contribution in [0.5, 0.6) is 5.75 Å². The van der Waals surface area contributed by atoms with Crippen LogP contribution < -0.4 is 15.0 Å². The molecule has 0 atom stereocenters. The fraction of sp³-hybridized carbons (Fsp3) is 0.0714. The number of ether oxygens (including phenoxy) is 1. The van der Waals surface area contributed by atoms with Crippen molar-refractivity contribution in [2.75, 3.05) is 4.90 Å². The van der Waals surface area contributed by atoms with Gasteiger partial charge in [0.25, 0.3) is 11.8 Å². The van der Waals surface area contributed by atoms with Crippen LogP contribution >= 0.6 is 0 Å². The Morgan fingerprint density at radius 2 is 1.80 bits per heavy atom. The number of furan rings is 1. The summed E-state index contributed by atoms with van der Waals surface area (Å²) >= 11 is 0. The van der Waals surface area contributed by atoms with E-state index in [1.54, 1.807) is 77.9 Å². The van der Waals surface area contributed by atoms with Crippen molar-refractivity contribution in [1.82, 2.24) is 5.32 Å². The van der Waals surface area contributed by atoms with Crippen molar-refractivity contribution in [2.24, 2.45) is 0 Å². The molecule has 1 N–H and O–H groups in total. The smallest absolute Gasteiger partial charge is 0.294 e. The lowest BCUT2D eigenvalue weighted by molar-refractivity contribution is -0.117. The van der Waals surface area contributed by atoms with E-state index in [1.165, 1.54) is 12.1 Å². The Bertz CT molecular complexity index is 1390. The summed E-state index contributed by atoms with van der Waals surface area (Å²) in [6.07, 6.45) is 3.18. The van der Waals surface area contributed by atoms with E-state index >= 15 is 0 Å². The van der Waals surface area contributed by atoms with Crippen molar-refractivity contribution in [3.8, 4) is 5.75 Å². The SMILES string of the molecule is O=C(NCc1ccco1)c1ccc(C=C2Oc3ccccc3N(Cc3cccc(F)c3)C2=O)cc1. The number of carbonyl (C=O) groups excluding carboxylic acids is 2. The molecule has 0 saturated heterocycles. The molecule has 0 aliphatic carbocycles. The van der Waals surface area contributed by atoms with Gasteiger partial charge in [-0.05, 0) is 65.7 Å². The summed E-state index contributed by atoms with van der Waals surface area (Å²) in [5.41, 5.74) is 2.45. The van der Waals surface area contributed by atoms with Crippen molar-refractivity contribution in [2.45, 2.75) is 13.1 Å². The minimum atomic E-state index is -0.361. The highest BCUT2D eigenvalue weighted by Crippen LogP contribution is 2.36. The molecule has 0 unspecified atom stereocenters. The number of nitrogens with zero attached hydrogens (tertiary/aromatic N) is 1. The summed E-state index contributed by atoms with van der Waals surface area (Å²) < 4.78 is 24.8. The van der Waals surface area contributed by atoms with Gasteiger partial charge in [0.05, 0.1) is 25.0 Å². The molecule has 1 aliphatic heterocycles. The van der Waals surface area contributed by atoms with Gasteiger partial charge in [-0.1, -0.05) is 36.4 Å². The number of anilines is 1. The third kappa shape index (κ3) is 4.99. The molecule has 3 aromatic carbocycles. The van der Waals surface area contributed by atoms with Gasteiger partial charge in [0.1, 0.15) is 11.6 Å². The Morgan fingerprint density at radius 3 is 2.57 bits per heavy atom. The van der Waals surface area contributed by atoms with Gasteiger partial charge >= 0.3 is 0 Å². The van der Waals surface area contributed by atoms with E-state index in [0.29, 0.717) is 40.4 Å². The van der Waals surface area contributed by atoms with Crippen LogP contribution in [0.15, 0.2) is 101 Å². The minimum absolute atomic E-state index is 0.134. The second kappa shape index (κ2) is 9.69. The molecular formula is C28H21FN2O4. The summed E-state index contributed by atoms with van der Waals surface area (Å²) in [4.78, 5) is 27.3. The van der Waals surface area contributed by atoms with Gasteiger partial charge in [0.2, 0.25) is 0 Å². The fourth-order valence-electron chi connectivity index (χ4n) is 3.80. The summed E-state index contributed by atoms with van der Waals surface area (Å²) in [6.45, 7) is 0.490. The van der Waals surface area contributed by atoms with Crippen molar-refractivity contribution in [3.63, 3.8) is 0 Å². The molecular weight excluding hydrogens is 447 g/mol. The van der Waals surface area contributed by atoms with E-state index in [0.717, 1.165) is 0 Å². The Hall–Kier alpha value is -4.65. The first-order chi connectivity index (χ1) is 17.1. The summed E-state index contributed by atoms with van der Waals surface area (Å²) in [5.74, 6) is 0.393. The minimum Gasteiger partial charge on any atom is -0.467 e. The molecule has 0 bridgehead atoms. The van der Waals surface area contributed by atoms with Gasteiger partial charge in [-0.25, -0.2) is 4.39 Å². The van der Waals surface area contributed by atoms with Crippen molar-refractivity contribution in [3.05, 3.63) is 125 Å². The van der Waals surface area contributed by atoms with Gasteiger partial charge < -0.3 is 14.5 Å². The summed E-state index contributed by atoms with van der Waals surface area (Å²) in [5, 5.41) is 2.79. The molecule has 7 heteroatoms. The third-order valence-electron chi connectivity index (χ3n) is 5.54. The molecule has 35 heavy (non-hydrogen) atoms. The molecule has 6 nitrogen and oxygen atoms in total. The molecule has 1 aromatic heterocycles. The highest BCUT2D eigenvalue weighted by Gasteiger charge is 2.30.